The lowest BCUT2D eigenvalue weighted by Crippen LogP contribution is -2.19. The van der Waals surface area contributed by atoms with Crippen molar-refractivity contribution in [3.05, 3.63) is 21.4 Å². The van der Waals surface area contributed by atoms with Crippen LogP contribution in [0.1, 0.15) is 34.6 Å². The largest absolute Gasteiger partial charge is 0.306 e. The van der Waals surface area contributed by atoms with Gasteiger partial charge in [0.05, 0.1) is 6.54 Å². The average Bonchev–Trinajstić information content (AvgIpc) is 2.48. The zero-order valence-corrected chi connectivity index (χ0v) is 10.1. The SMILES string of the molecule is FC(F)CNCc1cc2c(s1)CCCCC2. The molecule has 0 bridgehead atoms. The van der Waals surface area contributed by atoms with Crippen molar-refractivity contribution in [2.24, 2.45) is 0 Å². The summed E-state index contributed by atoms with van der Waals surface area (Å²) in [6, 6.07) is 2.20. The zero-order valence-electron chi connectivity index (χ0n) is 9.27. The number of fused-ring (bicyclic) bond motifs is 1. The van der Waals surface area contributed by atoms with Gasteiger partial charge in [0.15, 0.2) is 0 Å². The number of thiophene rings is 1. The van der Waals surface area contributed by atoms with E-state index in [9.17, 15) is 8.78 Å². The Kier molecular flexibility index (Phi) is 4.29. The Labute approximate surface area is 98.9 Å². The number of hydrogen-bond donors (Lipinski definition) is 1. The van der Waals surface area contributed by atoms with Gasteiger partial charge in [0.1, 0.15) is 0 Å². The summed E-state index contributed by atoms with van der Waals surface area (Å²) >= 11 is 1.79. The van der Waals surface area contributed by atoms with Crippen molar-refractivity contribution in [2.75, 3.05) is 6.54 Å². The highest BCUT2D eigenvalue weighted by Gasteiger charge is 2.12. The van der Waals surface area contributed by atoms with Crippen molar-refractivity contribution in [3.8, 4) is 0 Å². The van der Waals surface area contributed by atoms with Gasteiger partial charge in [-0.15, -0.1) is 11.3 Å². The maximum atomic E-state index is 12.0. The first kappa shape index (κ1) is 12.0. The maximum Gasteiger partial charge on any atom is 0.250 e. The van der Waals surface area contributed by atoms with Crippen LogP contribution >= 0.6 is 11.3 Å². The second-order valence-corrected chi connectivity index (χ2v) is 5.47. The van der Waals surface area contributed by atoms with Crippen molar-refractivity contribution >= 4 is 11.3 Å². The van der Waals surface area contributed by atoms with Gasteiger partial charge in [-0.3, -0.25) is 0 Å². The van der Waals surface area contributed by atoms with Crippen LogP contribution in [0.2, 0.25) is 0 Å². The normalized spacial score (nSPS) is 16.2. The van der Waals surface area contributed by atoms with E-state index < -0.39 is 6.43 Å². The number of rotatable bonds is 4. The highest BCUT2D eigenvalue weighted by Crippen LogP contribution is 2.28. The second kappa shape index (κ2) is 5.73. The standard InChI is InChI=1S/C12H17F2NS/c13-12(14)8-15-7-10-6-9-4-2-1-3-5-11(9)16-10/h6,12,15H,1-5,7-8H2. The van der Waals surface area contributed by atoms with E-state index >= 15 is 0 Å². The Hall–Kier alpha value is -0.480. The minimum absolute atomic E-state index is 0.206. The Morgan fingerprint density at radius 3 is 2.88 bits per heavy atom. The van der Waals surface area contributed by atoms with Crippen LogP contribution in [0.15, 0.2) is 6.07 Å². The smallest absolute Gasteiger partial charge is 0.250 e. The molecule has 0 radical (unpaired) electrons. The van der Waals surface area contributed by atoms with Crippen molar-refractivity contribution in [1.29, 1.82) is 0 Å². The summed E-state index contributed by atoms with van der Waals surface area (Å²) < 4.78 is 23.9. The van der Waals surface area contributed by atoms with E-state index in [1.807, 2.05) is 0 Å². The molecule has 16 heavy (non-hydrogen) atoms. The third kappa shape index (κ3) is 3.25. The van der Waals surface area contributed by atoms with Crippen molar-refractivity contribution < 1.29 is 8.78 Å². The molecule has 0 atom stereocenters. The lowest BCUT2D eigenvalue weighted by Gasteiger charge is -2.00. The molecule has 0 unspecified atom stereocenters. The summed E-state index contributed by atoms with van der Waals surface area (Å²) in [5, 5.41) is 2.79. The topological polar surface area (TPSA) is 12.0 Å². The third-order valence-corrected chi connectivity index (χ3v) is 4.13. The molecule has 0 aliphatic heterocycles. The molecule has 0 amide bonds. The van der Waals surface area contributed by atoms with Crippen LogP contribution in [0, 0.1) is 0 Å². The van der Waals surface area contributed by atoms with Crippen molar-refractivity contribution in [3.63, 3.8) is 0 Å². The summed E-state index contributed by atoms with van der Waals surface area (Å²) in [5.41, 5.74) is 1.45. The first-order chi connectivity index (χ1) is 7.75. The maximum absolute atomic E-state index is 12.0. The molecule has 1 aliphatic carbocycles. The van der Waals surface area contributed by atoms with Crippen LogP contribution in [-0.4, -0.2) is 13.0 Å². The van der Waals surface area contributed by atoms with Crippen molar-refractivity contribution in [1.82, 2.24) is 5.32 Å². The van der Waals surface area contributed by atoms with Gasteiger partial charge in [0, 0.05) is 16.3 Å². The molecule has 1 nitrogen and oxygen atoms in total. The molecular weight excluding hydrogens is 228 g/mol. The Morgan fingerprint density at radius 1 is 1.25 bits per heavy atom. The first-order valence-corrected chi connectivity index (χ1v) is 6.66. The minimum Gasteiger partial charge on any atom is -0.306 e. The summed E-state index contributed by atoms with van der Waals surface area (Å²) in [5.74, 6) is 0. The lowest BCUT2D eigenvalue weighted by molar-refractivity contribution is 0.145. The summed E-state index contributed by atoms with van der Waals surface area (Å²) in [4.78, 5) is 2.68. The molecule has 4 heteroatoms. The van der Waals surface area contributed by atoms with Gasteiger partial charge >= 0.3 is 0 Å². The van der Waals surface area contributed by atoms with E-state index in [1.165, 1.54) is 47.4 Å². The van der Waals surface area contributed by atoms with E-state index in [0.717, 1.165) is 0 Å². The van der Waals surface area contributed by atoms with Crippen LogP contribution in [0.4, 0.5) is 8.78 Å². The van der Waals surface area contributed by atoms with Gasteiger partial charge in [-0.05, 0) is 37.3 Å². The summed E-state index contributed by atoms with van der Waals surface area (Å²) in [6.07, 6.45) is 3.96. The molecule has 90 valence electrons. The zero-order chi connectivity index (χ0) is 11.4. The Morgan fingerprint density at radius 2 is 2.06 bits per heavy atom. The fraction of sp³-hybridized carbons (Fsp3) is 0.667. The molecule has 0 spiro atoms. The first-order valence-electron chi connectivity index (χ1n) is 5.85. The summed E-state index contributed by atoms with van der Waals surface area (Å²) in [6.45, 7) is 0.380. The molecule has 0 saturated heterocycles. The number of aryl methyl sites for hydroxylation is 2. The van der Waals surface area contributed by atoms with E-state index in [4.69, 9.17) is 0 Å². The molecule has 0 saturated carbocycles. The monoisotopic (exact) mass is 245 g/mol. The van der Waals surface area contributed by atoms with Gasteiger partial charge < -0.3 is 5.32 Å². The van der Waals surface area contributed by atoms with Gasteiger partial charge in [0.2, 0.25) is 0 Å². The van der Waals surface area contributed by atoms with Gasteiger partial charge in [-0.1, -0.05) is 6.42 Å². The van der Waals surface area contributed by atoms with Crippen LogP contribution in [0.3, 0.4) is 0 Å². The molecular formula is C12H17F2NS. The van der Waals surface area contributed by atoms with E-state index in [1.54, 1.807) is 11.3 Å². The quantitative estimate of drug-likeness (QED) is 0.802. The molecule has 1 N–H and O–H groups in total. The summed E-state index contributed by atoms with van der Waals surface area (Å²) in [7, 11) is 0. The number of alkyl halides is 2. The Balaban J connectivity index is 1.91. The number of halogens is 2. The van der Waals surface area contributed by atoms with Gasteiger partial charge in [-0.25, -0.2) is 8.78 Å². The molecule has 0 fully saturated rings. The second-order valence-electron chi connectivity index (χ2n) is 4.24. The number of nitrogens with one attached hydrogen (secondary N) is 1. The Bertz CT molecular complexity index is 312. The predicted octanol–water partition coefficient (Wildman–Crippen LogP) is 3.37. The van der Waals surface area contributed by atoms with E-state index in [0.29, 0.717) is 6.54 Å². The fourth-order valence-corrected chi connectivity index (χ4v) is 3.35. The molecule has 1 aliphatic rings. The molecule has 1 aromatic rings. The molecule has 1 aromatic heterocycles. The van der Waals surface area contributed by atoms with Crippen LogP contribution in [-0.2, 0) is 19.4 Å². The highest BCUT2D eigenvalue weighted by molar-refractivity contribution is 7.12. The van der Waals surface area contributed by atoms with Crippen LogP contribution in [0.25, 0.3) is 0 Å². The molecule has 1 heterocycles. The minimum atomic E-state index is -2.25. The number of hydrogen-bond acceptors (Lipinski definition) is 2. The lowest BCUT2D eigenvalue weighted by atomic mass is 10.1. The van der Waals surface area contributed by atoms with Crippen LogP contribution < -0.4 is 5.32 Å². The molecule has 2 rings (SSSR count). The van der Waals surface area contributed by atoms with E-state index in [2.05, 4.69) is 11.4 Å². The van der Waals surface area contributed by atoms with Gasteiger partial charge in [-0.2, -0.15) is 0 Å². The highest BCUT2D eigenvalue weighted by atomic mass is 32.1. The fourth-order valence-electron chi connectivity index (χ4n) is 2.12. The van der Waals surface area contributed by atoms with E-state index in [-0.39, 0.29) is 6.54 Å². The van der Waals surface area contributed by atoms with Crippen molar-refractivity contribution in [2.45, 2.75) is 45.1 Å². The predicted molar refractivity (Wildman–Crippen MR) is 63.3 cm³/mol. The van der Waals surface area contributed by atoms with Crippen LogP contribution in [0.5, 0.6) is 0 Å². The molecule has 0 aromatic carbocycles. The van der Waals surface area contributed by atoms with Gasteiger partial charge in [0.25, 0.3) is 6.43 Å². The third-order valence-electron chi connectivity index (χ3n) is 2.90. The average molecular weight is 245 g/mol.